The highest BCUT2D eigenvalue weighted by molar-refractivity contribution is 7.92. The predicted molar refractivity (Wildman–Crippen MR) is 71.0 cm³/mol. The number of hydrogen-bond acceptors (Lipinski definition) is 6. The molecule has 0 atom stereocenters. The molecule has 2 aromatic heterocycles. The second-order valence-corrected chi connectivity index (χ2v) is 5.27. The van der Waals surface area contributed by atoms with Crippen molar-refractivity contribution in [3.8, 4) is 11.8 Å². The summed E-state index contributed by atoms with van der Waals surface area (Å²) in [4.78, 5) is 3.76. The van der Waals surface area contributed by atoms with Crippen LogP contribution >= 0.6 is 0 Å². The standard InChI is InChI=1S/C12H10N4O3S/c17-6-2-3-10-7-11(9-13-8-10)20(18,19)16-12-4-1-5-14-15-12/h1,4-5,7-9,17H,6H2,(H,15,16). The SMILES string of the molecule is O=S(=O)(Nc1cccnn1)c1cncc(C#CCO)c1. The number of sulfonamides is 1. The lowest BCUT2D eigenvalue weighted by molar-refractivity contribution is 0.350. The average Bonchev–Trinajstić information content (AvgIpc) is 2.46. The number of anilines is 1. The minimum atomic E-state index is -3.81. The number of pyridine rings is 1. The molecule has 0 unspecified atom stereocenters. The van der Waals surface area contributed by atoms with Gasteiger partial charge in [-0.1, -0.05) is 11.8 Å². The molecule has 0 radical (unpaired) electrons. The summed E-state index contributed by atoms with van der Waals surface area (Å²) in [5, 5.41) is 15.8. The van der Waals surface area contributed by atoms with Crippen molar-refractivity contribution in [3.05, 3.63) is 42.4 Å². The summed E-state index contributed by atoms with van der Waals surface area (Å²) in [6.07, 6.45) is 4.04. The Balaban J connectivity index is 2.30. The molecule has 2 heterocycles. The Labute approximate surface area is 115 Å². The maximum absolute atomic E-state index is 12.1. The molecule has 0 aliphatic rings. The molecule has 0 saturated heterocycles. The van der Waals surface area contributed by atoms with E-state index in [1.165, 1.54) is 30.7 Å². The maximum Gasteiger partial charge on any atom is 0.264 e. The fourth-order valence-corrected chi connectivity index (χ4v) is 2.31. The lowest BCUT2D eigenvalue weighted by Gasteiger charge is -2.06. The summed E-state index contributed by atoms with van der Waals surface area (Å²) < 4.78 is 26.5. The van der Waals surface area contributed by atoms with Crippen LogP contribution in [0.15, 0.2) is 41.7 Å². The van der Waals surface area contributed by atoms with Gasteiger partial charge in [-0.25, -0.2) is 8.42 Å². The summed E-state index contributed by atoms with van der Waals surface area (Å²) >= 11 is 0. The van der Waals surface area contributed by atoms with Gasteiger partial charge < -0.3 is 5.11 Å². The molecule has 2 rings (SSSR count). The first-order chi connectivity index (χ1) is 9.62. The van der Waals surface area contributed by atoms with Crippen LogP contribution in [-0.2, 0) is 10.0 Å². The third-order valence-electron chi connectivity index (χ3n) is 2.15. The molecular formula is C12H10N4O3S. The van der Waals surface area contributed by atoms with E-state index < -0.39 is 10.0 Å². The molecule has 0 bridgehead atoms. The molecule has 20 heavy (non-hydrogen) atoms. The second kappa shape index (κ2) is 6.10. The fraction of sp³-hybridized carbons (Fsp3) is 0.0833. The number of nitrogens with one attached hydrogen (secondary N) is 1. The molecule has 0 spiro atoms. The second-order valence-electron chi connectivity index (χ2n) is 3.58. The molecule has 0 amide bonds. The van der Waals surface area contributed by atoms with Gasteiger partial charge in [-0.15, -0.1) is 5.10 Å². The van der Waals surface area contributed by atoms with E-state index in [1.54, 1.807) is 6.07 Å². The Morgan fingerprint density at radius 2 is 2.20 bits per heavy atom. The number of nitrogens with zero attached hydrogens (tertiary/aromatic N) is 3. The van der Waals surface area contributed by atoms with Crippen LogP contribution < -0.4 is 4.72 Å². The highest BCUT2D eigenvalue weighted by Gasteiger charge is 2.15. The van der Waals surface area contributed by atoms with E-state index in [2.05, 4.69) is 31.7 Å². The van der Waals surface area contributed by atoms with Crippen molar-refractivity contribution >= 4 is 15.8 Å². The van der Waals surface area contributed by atoms with E-state index >= 15 is 0 Å². The Morgan fingerprint density at radius 3 is 2.90 bits per heavy atom. The first-order valence-electron chi connectivity index (χ1n) is 5.47. The summed E-state index contributed by atoms with van der Waals surface area (Å²) in [7, 11) is -3.81. The first-order valence-corrected chi connectivity index (χ1v) is 6.95. The highest BCUT2D eigenvalue weighted by atomic mass is 32.2. The minimum Gasteiger partial charge on any atom is -0.384 e. The quantitative estimate of drug-likeness (QED) is 0.772. The third kappa shape index (κ3) is 3.50. The lowest BCUT2D eigenvalue weighted by Crippen LogP contribution is -2.14. The van der Waals surface area contributed by atoms with Gasteiger partial charge in [0.1, 0.15) is 11.5 Å². The number of aliphatic hydroxyl groups excluding tert-OH is 1. The van der Waals surface area contributed by atoms with Crippen LogP contribution in [0, 0.1) is 11.8 Å². The maximum atomic E-state index is 12.1. The lowest BCUT2D eigenvalue weighted by atomic mass is 10.3. The van der Waals surface area contributed by atoms with E-state index in [0.717, 1.165) is 0 Å². The van der Waals surface area contributed by atoms with Crippen molar-refractivity contribution in [3.63, 3.8) is 0 Å². The van der Waals surface area contributed by atoms with Gasteiger partial charge in [0.2, 0.25) is 0 Å². The van der Waals surface area contributed by atoms with E-state index in [1.807, 2.05) is 0 Å². The van der Waals surface area contributed by atoms with Crippen LogP contribution in [0.1, 0.15) is 5.56 Å². The zero-order valence-corrected chi connectivity index (χ0v) is 11.0. The molecule has 8 heteroatoms. The summed E-state index contributed by atoms with van der Waals surface area (Å²) in [6, 6.07) is 4.40. The molecular weight excluding hydrogens is 280 g/mol. The number of aromatic nitrogens is 3. The zero-order chi connectivity index (χ0) is 14.4. The van der Waals surface area contributed by atoms with Crippen LogP contribution in [0.4, 0.5) is 5.82 Å². The Bertz CT molecular complexity index is 751. The Hall–Kier alpha value is -2.50. The number of rotatable bonds is 3. The molecule has 0 saturated carbocycles. The summed E-state index contributed by atoms with van der Waals surface area (Å²) in [5.74, 6) is 5.12. The molecule has 0 aromatic carbocycles. The van der Waals surface area contributed by atoms with Crippen LogP contribution in [-0.4, -0.2) is 35.3 Å². The van der Waals surface area contributed by atoms with Crippen LogP contribution in [0.3, 0.4) is 0 Å². The van der Waals surface area contributed by atoms with Crippen molar-refractivity contribution in [2.75, 3.05) is 11.3 Å². The van der Waals surface area contributed by atoms with Gasteiger partial charge in [-0.2, -0.15) is 5.10 Å². The van der Waals surface area contributed by atoms with Gasteiger partial charge in [-0.05, 0) is 18.2 Å². The molecule has 2 N–H and O–H groups in total. The normalized spacial score (nSPS) is 10.4. The van der Waals surface area contributed by atoms with Gasteiger partial charge in [0.05, 0.1) is 0 Å². The van der Waals surface area contributed by atoms with Crippen molar-refractivity contribution in [2.45, 2.75) is 4.90 Å². The topological polar surface area (TPSA) is 105 Å². The summed E-state index contributed by atoms with van der Waals surface area (Å²) in [5.41, 5.74) is 0.390. The Kier molecular flexibility index (Phi) is 4.24. The van der Waals surface area contributed by atoms with Gasteiger partial charge in [-0.3, -0.25) is 9.71 Å². The van der Waals surface area contributed by atoms with E-state index in [9.17, 15) is 8.42 Å². The average molecular weight is 290 g/mol. The van der Waals surface area contributed by atoms with Crippen molar-refractivity contribution in [1.29, 1.82) is 0 Å². The summed E-state index contributed by atoms with van der Waals surface area (Å²) in [6.45, 7) is -0.311. The smallest absolute Gasteiger partial charge is 0.264 e. The molecule has 102 valence electrons. The predicted octanol–water partition coefficient (Wildman–Crippen LogP) is 0.0162. The van der Waals surface area contributed by atoms with Crippen molar-refractivity contribution < 1.29 is 13.5 Å². The van der Waals surface area contributed by atoms with E-state index in [0.29, 0.717) is 5.56 Å². The zero-order valence-electron chi connectivity index (χ0n) is 10.2. The van der Waals surface area contributed by atoms with Gasteiger partial charge >= 0.3 is 0 Å². The van der Waals surface area contributed by atoms with Crippen molar-refractivity contribution in [1.82, 2.24) is 15.2 Å². The van der Waals surface area contributed by atoms with Gasteiger partial charge in [0.25, 0.3) is 10.0 Å². The van der Waals surface area contributed by atoms with Crippen molar-refractivity contribution in [2.24, 2.45) is 0 Å². The van der Waals surface area contributed by atoms with Gasteiger partial charge in [0, 0.05) is 24.2 Å². The van der Waals surface area contributed by atoms with Crippen LogP contribution in [0.2, 0.25) is 0 Å². The van der Waals surface area contributed by atoms with E-state index in [-0.39, 0.29) is 17.3 Å². The first kappa shape index (κ1) is 13.9. The van der Waals surface area contributed by atoms with Crippen LogP contribution in [0.25, 0.3) is 0 Å². The molecule has 0 fully saturated rings. The molecule has 0 aliphatic heterocycles. The molecule has 2 aromatic rings. The molecule has 7 nitrogen and oxygen atoms in total. The van der Waals surface area contributed by atoms with E-state index in [4.69, 9.17) is 5.11 Å². The minimum absolute atomic E-state index is 0.0482. The highest BCUT2D eigenvalue weighted by Crippen LogP contribution is 2.13. The van der Waals surface area contributed by atoms with Crippen LogP contribution in [0.5, 0.6) is 0 Å². The molecule has 0 aliphatic carbocycles. The number of hydrogen-bond donors (Lipinski definition) is 2. The van der Waals surface area contributed by atoms with Gasteiger partial charge in [0.15, 0.2) is 5.82 Å². The Morgan fingerprint density at radius 1 is 1.35 bits per heavy atom. The third-order valence-corrected chi connectivity index (χ3v) is 3.47. The largest absolute Gasteiger partial charge is 0.384 e. The fourth-order valence-electron chi connectivity index (χ4n) is 1.33. The number of aliphatic hydroxyl groups is 1. The monoisotopic (exact) mass is 290 g/mol.